The summed E-state index contributed by atoms with van der Waals surface area (Å²) in [6.07, 6.45) is 3.35. The topological polar surface area (TPSA) is 103 Å². The van der Waals surface area contributed by atoms with Crippen LogP contribution in [0.4, 0.5) is 11.4 Å². The van der Waals surface area contributed by atoms with E-state index in [0.29, 0.717) is 12.0 Å². The Balaban J connectivity index is 2.28. The molecule has 0 heterocycles. The molecule has 1 saturated carbocycles. The lowest BCUT2D eigenvalue weighted by molar-refractivity contribution is -0.394. The minimum Gasteiger partial charge on any atom is -0.299 e. The molecule has 0 radical (unpaired) electrons. The van der Waals surface area contributed by atoms with Crippen molar-refractivity contribution in [1.29, 1.82) is 0 Å². The van der Waals surface area contributed by atoms with Gasteiger partial charge in [-0.25, -0.2) is 0 Å². The lowest BCUT2D eigenvalue weighted by Gasteiger charge is -2.20. The van der Waals surface area contributed by atoms with Crippen molar-refractivity contribution in [1.82, 2.24) is 0 Å². The van der Waals surface area contributed by atoms with E-state index in [9.17, 15) is 25.0 Å². The van der Waals surface area contributed by atoms with Gasteiger partial charge >= 0.3 is 0 Å². The van der Waals surface area contributed by atoms with Crippen LogP contribution >= 0.6 is 0 Å². The largest absolute Gasteiger partial charge is 0.299 e. The maximum absolute atomic E-state index is 11.8. The van der Waals surface area contributed by atoms with E-state index in [1.54, 1.807) is 0 Å². The van der Waals surface area contributed by atoms with Gasteiger partial charge < -0.3 is 0 Å². The molecule has 0 unspecified atom stereocenters. The third kappa shape index (κ3) is 2.98. The Hall–Kier alpha value is -2.31. The standard InChI is InChI=1S/C13H14N2O5/c16-13-4-2-1-3-10(13)7-9-5-6-11(14(17)18)8-12(9)15(19)20/h5-6,8,10H,1-4,7H2/t10-/m0/s1. The molecule has 7 nitrogen and oxygen atoms in total. The third-order valence-electron chi connectivity index (χ3n) is 3.62. The van der Waals surface area contributed by atoms with E-state index in [1.165, 1.54) is 12.1 Å². The fourth-order valence-electron chi connectivity index (χ4n) is 2.54. The minimum atomic E-state index is -0.664. The Labute approximate surface area is 114 Å². The predicted octanol–water partition coefficient (Wildman–Crippen LogP) is 2.80. The molecule has 2 rings (SSSR count). The molecule has 1 aliphatic rings. The zero-order chi connectivity index (χ0) is 14.7. The van der Waals surface area contributed by atoms with Gasteiger partial charge in [-0.3, -0.25) is 25.0 Å². The Kier molecular flexibility index (Phi) is 4.07. The highest BCUT2D eigenvalue weighted by atomic mass is 16.6. The maximum Gasteiger partial charge on any atom is 0.279 e. The number of nitro benzene ring substituents is 2. The summed E-state index contributed by atoms with van der Waals surface area (Å²) in [6.45, 7) is 0. The normalized spacial score (nSPS) is 18.8. The number of hydrogen-bond donors (Lipinski definition) is 0. The van der Waals surface area contributed by atoms with Gasteiger partial charge in [-0.1, -0.05) is 6.42 Å². The van der Waals surface area contributed by atoms with Crippen molar-refractivity contribution >= 4 is 17.2 Å². The van der Waals surface area contributed by atoms with Gasteiger partial charge in [0.15, 0.2) is 0 Å². The van der Waals surface area contributed by atoms with Gasteiger partial charge in [-0.05, 0) is 25.3 Å². The van der Waals surface area contributed by atoms with Crippen molar-refractivity contribution in [2.75, 3.05) is 0 Å². The van der Waals surface area contributed by atoms with E-state index in [2.05, 4.69) is 0 Å². The van der Waals surface area contributed by atoms with E-state index in [1.807, 2.05) is 0 Å². The average molecular weight is 278 g/mol. The first kappa shape index (κ1) is 14.1. The summed E-state index contributed by atoms with van der Waals surface area (Å²) in [7, 11) is 0. The van der Waals surface area contributed by atoms with Crippen LogP contribution in [0, 0.1) is 26.1 Å². The summed E-state index contributed by atoms with van der Waals surface area (Å²) in [5.74, 6) is -0.0761. The van der Waals surface area contributed by atoms with Crippen molar-refractivity contribution in [3.63, 3.8) is 0 Å². The molecule has 0 N–H and O–H groups in total. The predicted molar refractivity (Wildman–Crippen MR) is 70.4 cm³/mol. The van der Waals surface area contributed by atoms with Crippen LogP contribution in [0.1, 0.15) is 31.2 Å². The molecule has 0 amide bonds. The van der Waals surface area contributed by atoms with Gasteiger partial charge in [0, 0.05) is 24.0 Å². The quantitative estimate of drug-likeness (QED) is 0.622. The molecule has 1 fully saturated rings. The van der Waals surface area contributed by atoms with Gasteiger partial charge in [-0.2, -0.15) is 0 Å². The Bertz CT molecular complexity index is 570. The number of nitro groups is 2. The van der Waals surface area contributed by atoms with E-state index >= 15 is 0 Å². The van der Waals surface area contributed by atoms with Crippen molar-refractivity contribution in [2.45, 2.75) is 32.1 Å². The fraction of sp³-hybridized carbons (Fsp3) is 0.462. The number of non-ortho nitro benzene ring substituents is 1. The van der Waals surface area contributed by atoms with Crippen LogP contribution < -0.4 is 0 Å². The molecule has 106 valence electrons. The second-order valence-corrected chi connectivity index (χ2v) is 4.94. The number of carbonyl (C=O) groups is 1. The first-order valence-corrected chi connectivity index (χ1v) is 6.43. The second-order valence-electron chi connectivity index (χ2n) is 4.94. The molecular weight excluding hydrogens is 264 g/mol. The van der Waals surface area contributed by atoms with Gasteiger partial charge in [0.25, 0.3) is 11.4 Å². The van der Waals surface area contributed by atoms with Crippen molar-refractivity contribution in [3.05, 3.63) is 44.0 Å². The lowest BCUT2D eigenvalue weighted by atomic mass is 9.83. The number of Topliss-reactive ketones (excluding diaryl/α,β-unsaturated/α-hetero) is 1. The molecule has 0 aliphatic heterocycles. The number of benzene rings is 1. The van der Waals surface area contributed by atoms with Gasteiger partial charge in [-0.15, -0.1) is 0 Å². The average Bonchev–Trinajstić information content (AvgIpc) is 2.41. The highest BCUT2D eigenvalue weighted by molar-refractivity contribution is 5.82. The molecule has 1 aromatic rings. The third-order valence-corrected chi connectivity index (χ3v) is 3.62. The van der Waals surface area contributed by atoms with E-state index < -0.39 is 9.85 Å². The molecule has 0 aromatic heterocycles. The minimum absolute atomic E-state index is 0.129. The summed E-state index contributed by atoms with van der Waals surface area (Å²) in [4.78, 5) is 32.2. The van der Waals surface area contributed by atoms with Crippen molar-refractivity contribution in [2.24, 2.45) is 5.92 Å². The summed E-state index contributed by atoms with van der Waals surface area (Å²) in [5.41, 5.74) is -0.200. The molecule has 1 aliphatic carbocycles. The van der Waals surface area contributed by atoms with Crippen LogP contribution in [0.5, 0.6) is 0 Å². The van der Waals surface area contributed by atoms with E-state index in [0.717, 1.165) is 25.3 Å². The van der Waals surface area contributed by atoms with E-state index in [4.69, 9.17) is 0 Å². The van der Waals surface area contributed by atoms with Crippen LogP contribution in [0.2, 0.25) is 0 Å². The zero-order valence-electron chi connectivity index (χ0n) is 10.8. The van der Waals surface area contributed by atoms with Gasteiger partial charge in [0.1, 0.15) is 5.78 Å². The first-order chi connectivity index (χ1) is 9.49. The molecule has 0 bridgehead atoms. The van der Waals surface area contributed by atoms with Crippen LogP contribution in [0.25, 0.3) is 0 Å². The second kappa shape index (κ2) is 5.77. The van der Waals surface area contributed by atoms with Gasteiger partial charge in [0.2, 0.25) is 0 Å². The molecule has 1 aromatic carbocycles. The van der Waals surface area contributed by atoms with E-state index in [-0.39, 0.29) is 29.5 Å². The lowest BCUT2D eigenvalue weighted by Crippen LogP contribution is -2.21. The molecule has 7 heteroatoms. The smallest absolute Gasteiger partial charge is 0.279 e. The monoisotopic (exact) mass is 278 g/mol. The summed E-state index contributed by atoms with van der Waals surface area (Å²) < 4.78 is 0. The number of nitrogens with zero attached hydrogens (tertiary/aromatic N) is 2. The Morgan fingerprint density at radius 3 is 2.50 bits per heavy atom. The molecule has 0 saturated heterocycles. The van der Waals surface area contributed by atoms with Crippen LogP contribution in [-0.4, -0.2) is 15.6 Å². The first-order valence-electron chi connectivity index (χ1n) is 6.43. The Morgan fingerprint density at radius 2 is 1.90 bits per heavy atom. The zero-order valence-corrected chi connectivity index (χ0v) is 10.8. The highest BCUT2D eigenvalue weighted by Gasteiger charge is 2.27. The molecule has 1 atom stereocenters. The summed E-state index contributed by atoms with van der Waals surface area (Å²) in [5, 5.41) is 21.7. The summed E-state index contributed by atoms with van der Waals surface area (Å²) >= 11 is 0. The summed E-state index contributed by atoms with van der Waals surface area (Å²) in [6, 6.07) is 3.59. The molecular formula is C13H14N2O5. The maximum atomic E-state index is 11.8. The van der Waals surface area contributed by atoms with Gasteiger partial charge in [0.05, 0.1) is 15.9 Å². The molecule has 20 heavy (non-hydrogen) atoms. The van der Waals surface area contributed by atoms with Crippen LogP contribution in [-0.2, 0) is 11.2 Å². The highest BCUT2D eigenvalue weighted by Crippen LogP contribution is 2.30. The number of hydrogen-bond acceptors (Lipinski definition) is 5. The Morgan fingerprint density at radius 1 is 1.15 bits per heavy atom. The fourth-order valence-corrected chi connectivity index (χ4v) is 2.54. The van der Waals surface area contributed by atoms with Crippen LogP contribution in [0.15, 0.2) is 18.2 Å². The number of rotatable bonds is 4. The van der Waals surface area contributed by atoms with Crippen LogP contribution in [0.3, 0.4) is 0 Å². The van der Waals surface area contributed by atoms with Crippen molar-refractivity contribution in [3.8, 4) is 0 Å². The number of ketones is 1. The molecule has 0 spiro atoms. The SMILES string of the molecule is O=C1CCCC[C@H]1Cc1ccc([N+](=O)[O-])cc1[N+](=O)[O-]. The van der Waals surface area contributed by atoms with Crippen molar-refractivity contribution < 1.29 is 14.6 Å². The number of carbonyl (C=O) groups excluding carboxylic acids is 1.